The first-order valence-electron chi connectivity index (χ1n) is 16.4. The summed E-state index contributed by atoms with van der Waals surface area (Å²) < 4.78 is 17.4. The Morgan fingerprint density at radius 1 is 1.02 bits per heavy atom. The van der Waals surface area contributed by atoms with Gasteiger partial charge in [-0.3, -0.25) is 14.4 Å². The van der Waals surface area contributed by atoms with E-state index in [0.29, 0.717) is 22.8 Å². The van der Waals surface area contributed by atoms with Crippen LogP contribution in [0, 0.1) is 16.7 Å². The minimum absolute atomic E-state index is 0.0416. The van der Waals surface area contributed by atoms with Gasteiger partial charge < -0.3 is 30.2 Å². The van der Waals surface area contributed by atoms with Crippen molar-refractivity contribution in [3.63, 3.8) is 0 Å². The molecule has 2 aliphatic rings. The fourth-order valence-corrected chi connectivity index (χ4v) is 6.01. The maximum Gasteiger partial charge on any atom is 0.328 e. The summed E-state index contributed by atoms with van der Waals surface area (Å²) in [5.41, 5.74) is 0.329. The second kappa shape index (κ2) is 15.6. The first-order chi connectivity index (χ1) is 22.6. The molecular weight excluding hydrogens is 634 g/mol. The van der Waals surface area contributed by atoms with Gasteiger partial charge in [-0.05, 0) is 55.0 Å². The van der Waals surface area contributed by atoms with Crippen LogP contribution in [0.3, 0.4) is 0 Å². The number of epoxide rings is 1. The molecule has 2 aliphatic heterocycles. The van der Waals surface area contributed by atoms with Crippen molar-refractivity contribution in [3.05, 3.63) is 76.8 Å². The second-order valence-corrected chi connectivity index (χ2v) is 14.9. The standard InChI is InChI=1S/C37H48ClN3O7/c1-22(31-32(48-31)24-12-9-8-10-13-24)28-14-11-15-30(42)40-26(19-23-16-17-29(46-7)25(38)18-23)33(43)39-21-37(5,6)35(45)41-27(34(44)47-28)20-36(2,3)4/h8-13,15-18,22,26-28,31-32H,14,19-21H2,1-7H3,(H,39,43)(H,40,42)(H,41,45)/b15-11+/t22-,26+,27-,28-,31+,32+/m0/s1. The van der Waals surface area contributed by atoms with Crippen LogP contribution >= 0.6 is 11.6 Å². The summed E-state index contributed by atoms with van der Waals surface area (Å²) in [6.07, 6.45) is 2.69. The molecule has 0 spiro atoms. The Labute approximate surface area is 288 Å². The number of cyclic esters (lactones) is 1. The number of benzene rings is 2. The number of rotatable bonds is 7. The van der Waals surface area contributed by atoms with Gasteiger partial charge in [0.15, 0.2) is 0 Å². The molecule has 2 aromatic rings. The van der Waals surface area contributed by atoms with Crippen molar-refractivity contribution >= 4 is 35.3 Å². The number of carbonyl (C=O) groups excluding carboxylic acids is 4. The number of ether oxygens (including phenoxy) is 3. The molecule has 3 amide bonds. The number of nitrogens with one attached hydrogen (secondary N) is 3. The summed E-state index contributed by atoms with van der Waals surface area (Å²) in [5.74, 6) is -1.67. The molecule has 10 nitrogen and oxygen atoms in total. The summed E-state index contributed by atoms with van der Waals surface area (Å²) in [7, 11) is 1.51. The van der Waals surface area contributed by atoms with Crippen molar-refractivity contribution in [2.75, 3.05) is 13.7 Å². The predicted molar refractivity (Wildman–Crippen MR) is 183 cm³/mol. The van der Waals surface area contributed by atoms with Crippen LogP contribution in [0.15, 0.2) is 60.7 Å². The van der Waals surface area contributed by atoms with E-state index >= 15 is 0 Å². The van der Waals surface area contributed by atoms with E-state index in [9.17, 15) is 19.2 Å². The third kappa shape index (κ3) is 10.1. The van der Waals surface area contributed by atoms with Gasteiger partial charge in [0.1, 0.15) is 30.0 Å². The summed E-state index contributed by atoms with van der Waals surface area (Å²) in [6, 6.07) is 13.1. The Morgan fingerprint density at radius 3 is 2.38 bits per heavy atom. The van der Waals surface area contributed by atoms with Gasteiger partial charge in [-0.2, -0.15) is 0 Å². The zero-order valence-electron chi connectivity index (χ0n) is 28.8. The van der Waals surface area contributed by atoms with Gasteiger partial charge in [0.2, 0.25) is 17.7 Å². The molecule has 6 atom stereocenters. The van der Waals surface area contributed by atoms with Crippen LogP contribution < -0.4 is 20.7 Å². The Hall–Kier alpha value is -3.89. The Kier molecular flexibility index (Phi) is 12.0. The van der Waals surface area contributed by atoms with E-state index in [-0.39, 0.29) is 42.9 Å². The second-order valence-electron chi connectivity index (χ2n) is 14.5. The van der Waals surface area contributed by atoms with Crippen LogP contribution in [0.5, 0.6) is 5.75 Å². The highest BCUT2D eigenvalue weighted by Gasteiger charge is 2.48. The normalized spacial score (nSPS) is 26.7. The van der Waals surface area contributed by atoms with Crippen LogP contribution in [0.1, 0.15) is 71.6 Å². The number of hydrogen-bond acceptors (Lipinski definition) is 7. The lowest BCUT2D eigenvalue weighted by molar-refractivity contribution is -0.157. The van der Waals surface area contributed by atoms with Gasteiger partial charge in [-0.15, -0.1) is 0 Å². The number of hydrogen-bond donors (Lipinski definition) is 3. The van der Waals surface area contributed by atoms with Crippen molar-refractivity contribution in [3.8, 4) is 5.75 Å². The van der Waals surface area contributed by atoms with Gasteiger partial charge in [0.05, 0.1) is 23.7 Å². The monoisotopic (exact) mass is 681 g/mol. The molecule has 4 rings (SSSR count). The molecular formula is C37H48ClN3O7. The minimum Gasteiger partial charge on any atom is -0.495 e. The molecule has 0 unspecified atom stereocenters. The summed E-state index contributed by atoms with van der Waals surface area (Å²) in [4.78, 5) is 54.1. The van der Waals surface area contributed by atoms with Crippen LogP contribution in [0.4, 0.5) is 0 Å². The maximum absolute atomic E-state index is 13.8. The number of amides is 3. The summed E-state index contributed by atoms with van der Waals surface area (Å²) in [5, 5.41) is 8.90. The quantitative estimate of drug-likeness (QED) is 0.274. The smallest absolute Gasteiger partial charge is 0.328 e. The molecule has 1 fully saturated rings. The predicted octanol–water partition coefficient (Wildman–Crippen LogP) is 5.09. The molecule has 48 heavy (non-hydrogen) atoms. The van der Waals surface area contributed by atoms with Crippen molar-refractivity contribution in [2.24, 2.45) is 16.7 Å². The third-order valence-electron chi connectivity index (χ3n) is 8.68. The number of esters is 1. The van der Waals surface area contributed by atoms with Gasteiger partial charge in [0.25, 0.3) is 0 Å². The highest BCUT2D eigenvalue weighted by atomic mass is 35.5. The first kappa shape index (κ1) is 36.9. The van der Waals surface area contributed by atoms with Crippen LogP contribution in [0.2, 0.25) is 5.02 Å². The molecule has 3 N–H and O–H groups in total. The SMILES string of the molecule is COc1ccc(C[C@H]2NC(=O)/C=C/C[C@@H]([C@H](C)[C@H]3O[C@@H]3c3ccccc3)OC(=O)[C@H](CC(C)(C)C)NC(=O)C(C)(C)CNC2=O)cc1Cl. The molecule has 0 aromatic heterocycles. The third-order valence-corrected chi connectivity index (χ3v) is 8.97. The lowest BCUT2D eigenvalue weighted by Gasteiger charge is -2.32. The molecule has 260 valence electrons. The van der Waals surface area contributed by atoms with Crippen molar-refractivity contribution in [1.29, 1.82) is 0 Å². The molecule has 2 heterocycles. The van der Waals surface area contributed by atoms with Gasteiger partial charge in [0, 0.05) is 25.3 Å². The zero-order chi connectivity index (χ0) is 35.2. The number of halogens is 1. The van der Waals surface area contributed by atoms with Gasteiger partial charge in [-0.1, -0.05) is 81.8 Å². The van der Waals surface area contributed by atoms with Crippen molar-refractivity contribution in [1.82, 2.24) is 16.0 Å². The van der Waals surface area contributed by atoms with E-state index in [0.717, 1.165) is 5.56 Å². The molecule has 0 saturated carbocycles. The summed E-state index contributed by atoms with van der Waals surface area (Å²) in [6.45, 7) is 11.2. The van der Waals surface area contributed by atoms with E-state index < -0.39 is 47.3 Å². The Bertz CT molecular complexity index is 1500. The average molecular weight is 682 g/mol. The highest BCUT2D eigenvalue weighted by Crippen LogP contribution is 2.45. The van der Waals surface area contributed by atoms with E-state index in [1.165, 1.54) is 13.2 Å². The van der Waals surface area contributed by atoms with E-state index in [2.05, 4.69) is 16.0 Å². The number of methoxy groups -OCH3 is 1. The minimum atomic E-state index is -1.10. The fourth-order valence-electron chi connectivity index (χ4n) is 5.73. The fraction of sp³-hybridized carbons (Fsp3) is 0.514. The topological polar surface area (TPSA) is 135 Å². The summed E-state index contributed by atoms with van der Waals surface area (Å²) >= 11 is 6.33. The van der Waals surface area contributed by atoms with E-state index in [1.54, 1.807) is 38.1 Å². The van der Waals surface area contributed by atoms with Crippen molar-refractivity contribution < 1.29 is 33.4 Å². The maximum atomic E-state index is 13.8. The molecule has 11 heteroatoms. The van der Waals surface area contributed by atoms with Crippen LogP contribution in [0.25, 0.3) is 0 Å². The van der Waals surface area contributed by atoms with Crippen LogP contribution in [-0.4, -0.2) is 61.6 Å². The average Bonchev–Trinajstić information content (AvgIpc) is 3.83. The highest BCUT2D eigenvalue weighted by molar-refractivity contribution is 6.32. The van der Waals surface area contributed by atoms with Crippen LogP contribution in [-0.2, 0) is 35.1 Å². The lowest BCUT2D eigenvalue weighted by atomic mass is 9.86. The number of carbonyl (C=O) groups is 4. The van der Waals surface area contributed by atoms with Crippen molar-refractivity contribution in [2.45, 2.75) is 91.2 Å². The van der Waals surface area contributed by atoms with Gasteiger partial charge >= 0.3 is 5.97 Å². The molecule has 1 saturated heterocycles. The Morgan fingerprint density at radius 2 is 1.73 bits per heavy atom. The van der Waals surface area contributed by atoms with E-state index in [4.69, 9.17) is 25.8 Å². The van der Waals surface area contributed by atoms with E-state index in [1.807, 2.05) is 58.0 Å². The molecule has 0 radical (unpaired) electrons. The molecule has 2 aromatic carbocycles. The Balaban J connectivity index is 1.63. The largest absolute Gasteiger partial charge is 0.495 e. The molecule has 0 aliphatic carbocycles. The first-order valence-corrected chi connectivity index (χ1v) is 16.7. The van der Waals surface area contributed by atoms with Gasteiger partial charge in [-0.25, -0.2) is 4.79 Å². The lowest BCUT2D eigenvalue weighted by Crippen LogP contribution is -2.54. The zero-order valence-corrected chi connectivity index (χ0v) is 29.6. The molecule has 0 bridgehead atoms.